The van der Waals surface area contributed by atoms with Crippen molar-refractivity contribution in [1.82, 2.24) is 19.7 Å². The first-order chi connectivity index (χ1) is 20.3. The molecular weight excluding hydrogens is 650 g/mol. The van der Waals surface area contributed by atoms with Crippen LogP contribution < -0.4 is 14.8 Å². The monoisotopic (exact) mass is 677 g/mol. The number of morpholine rings is 1. The van der Waals surface area contributed by atoms with E-state index in [0.717, 1.165) is 5.56 Å². The minimum Gasteiger partial charge on any atom is -0.493 e. The Morgan fingerprint density at radius 3 is 2.69 bits per heavy atom. The smallest absolute Gasteiger partial charge is 0.338 e. The van der Waals surface area contributed by atoms with Gasteiger partial charge in [0.05, 0.1) is 37.5 Å². The van der Waals surface area contributed by atoms with E-state index in [2.05, 4.69) is 26.2 Å². The Hall–Kier alpha value is -3.26. The van der Waals surface area contributed by atoms with Crippen LogP contribution in [0, 0.1) is 0 Å². The minimum atomic E-state index is -0.690. The van der Waals surface area contributed by atoms with E-state index in [4.69, 9.17) is 35.6 Å². The lowest BCUT2D eigenvalue weighted by Gasteiger charge is -2.29. The van der Waals surface area contributed by atoms with Crippen LogP contribution in [-0.4, -0.2) is 78.7 Å². The van der Waals surface area contributed by atoms with E-state index in [-0.39, 0.29) is 12.5 Å². The van der Waals surface area contributed by atoms with Gasteiger partial charge in [0.1, 0.15) is 6.04 Å². The zero-order valence-corrected chi connectivity index (χ0v) is 26.3. The molecule has 0 radical (unpaired) electrons. The van der Waals surface area contributed by atoms with Gasteiger partial charge in [-0.2, -0.15) is 4.98 Å². The fourth-order valence-corrected chi connectivity index (χ4v) is 6.40. The van der Waals surface area contributed by atoms with Crippen LogP contribution in [0.15, 0.2) is 57.3 Å². The van der Waals surface area contributed by atoms with Crippen molar-refractivity contribution in [2.45, 2.75) is 23.9 Å². The SMILES string of the molecule is COC(=O)C1=C(C)Nc2nc(SCc3ccccc3Cl)nn2C1c1cc(Br)c(OCC(=O)N2CCOCC2)c(OC)c1. The Kier molecular flexibility index (Phi) is 9.61. The Balaban J connectivity index is 1.46. The molecule has 5 rings (SSSR count). The molecule has 3 heterocycles. The highest BCUT2D eigenvalue weighted by atomic mass is 79.9. The van der Waals surface area contributed by atoms with E-state index >= 15 is 0 Å². The molecule has 0 saturated carbocycles. The third-order valence-corrected chi connectivity index (χ3v) is 8.67. The second kappa shape index (κ2) is 13.4. The molecule has 1 fully saturated rings. The zero-order valence-electron chi connectivity index (χ0n) is 23.2. The summed E-state index contributed by atoms with van der Waals surface area (Å²) in [6.45, 7) is 3.68. The molecule has 1 unspecified atom stereocenters. The van der Waals surface area contributed by atoms with E-state index in [1.54, 1.807) is 22.6 Å². The number of rotatable bonds is 9. The van der Waals surface area contributed by atoms with Gasteiger partial charge in [0.25, 0.3) is 5.91 Å². The molecule has 1 saturated heterocycles. The second-order valence-electron chi connectivity index (χ2n) is 9.42. The standard InChI is InChI=1S/C28H29BrClN5O6S/c1-16-23(26(37)39-3)24(35-27(31-16)32-28(33-35)42-15-17-6-4-5-7-20(17)30)18-12-19(29)25(21(13-18)38-2)41-14-22(36)34-8-10-40-11-9-34/h4-7,12-13,24H,8-11,14-15H2,1-3H3,(H,31,32,33). The number of carbonyl (C=O) groups excluding carboxylic acids is 2. The molecule has 2 aromatic carbocycles. The van der Waals surface area contributed by atoms with Crippen molar-refractivity contribution in [1.29, 1.82) is 0 Å². The van der Waals surface area contributed by atoms with Crippen LogP contribution in [0.3, 0.4) is 0 Å². The van der Waals surface area contributed by atoms with Crippen molar-refractivity contribution in [2.75, 3.05) is 52.4 Å². The Morgan fingerprint density at radius 2 is 1.98 bits per heavy atom. The van der Waals surface area contributed by atoms with Gasteiger partial charge in [-0.05, 0) is 52.2 Å². The number of benzene rings is 2. The van der Waals surface area contributed by atoms with Gasteiger partial charge < -0.3 is 29.2 Å². The predicted molar refractivity (Wildman–Crippen MR) is 161 cm³/mol. The van der Waals surface area contributed by atoms with Gasteiger partial charge in [-0.25, -0.2) is 9.48 Å². The molecule has 222 valence electrons. The molecule has 1 amide bonds. The Labute approximate surface area is 260 Å². The maximum atomic E-state index is 13.0. The van der Waals surface area contributed by atoms with Gasteiger partial charge in [0.2, 0.25) is 11.1 Å². The van der Waals surface area contributed by atoms with Gasteiger partial charge >= 0.3 is 5.97 Å². The first kappa shape index (κ1) is 30.2. The summed E-state index contributed by atoms with van der Waals surface area (Å²) in [5.74, 6) is 1.13. The van der Waals surface area contributed by atoms with Gasteiger partial charge in [0, 0.05) is 29.6 Å². The first-order valence-electron chi connectivity index (χ1n) is 13.0. The topological polar surface area (TPSA) is 117 Å². The Morgan fingerprint density at radius 1 is 1.21 bits per heavy atom. The number of thioether (sulfide) groups is 1. The summed E-state index contributed by atoms with van der Waals surface area (Å²) in [7, 11) is 2.84. The van der Waals surface area contributed by atoms with Crippen LogP contribution >= 0.6 is 39.3 Å². The zero-order chi connectivity index (χ0) is 29.8. The lowest BCUT2D eigenvalue weighted by Crippen LogP contribution is -2.43. The van der Waals surface area contributed by atoms with Crippen molar-refractivity contribution in [3.05, 3.63) is 68.3 Å². The maximum Gasteiger partial charge on any atom is 0.338 e. The van der Waals surface area contributed by atoms with E-state index in [9.17, 15) is 9.59 Å². The number of amides is 1. The molecule has 3 aromatic rings. The molecule has 1 N–H and O–H groups in total. The number of nitrogens with zero attached hydrogens (tertiary/aromatic N) is 4. The average molecular weight is 679 g/mol. The number of fused-ring (bicyclic) bond motifs is 1. The van der Waals surface area contributed by atoms with Gasteiger partial charge in [-0.1, -0.05) is 41.6 Å². The van der Waals surface area contributed by atoms with E-state index in [1.165, 1.54) is 26.0 Å². The summed E-state index contributed by atoms with van der Waals surface area (Å²) < 4.78 is 24.3. The number of ether oxygens (including phenoxy) is 4. The highest BCUT2D eigenvalue weighted by Crippen LogP contribution is 2.43. The molecule has 1 atom stereocenters. The summed E-state index contributed by atoms with van der Waals surface area (Å²) in [5.41, 5.74) is 2.58. The molecule has 0 spiro atoms. The fourth-order valence-electron chi connectivity index (χ4n) is 4.71. The number of aromatic nitrogens is 3. The van der Waals surface area contributed by atoms with Crippen LogP contribution in [0.1, 0.15) is 24.1 Å². The number of hydrogen-bond acceptors (Lipinski definition) is 10. The van der Waals surface area contributed by atoms with E-state index in [1.807, 2.05) is 30.3 Å². The molecule has 14 heteroatoms. The van der Waals surface area contributed by atoms with Gasteiger partial charge in [0.15, 0.2) is 18.1 Å². The molecule has 1 aromatic heterocycles. The summed E-state index contributed by atoms with van der Waals surface area (Å²) in [5, 5.41) is 9.11. The summed E-state index contributed by atoms with van der Waals surface area (Å²) >= 11 is 11.3. The van der Waals surface area contributed by atoms with Crippen LogP contribution in [0.25, 0.3) is 0 Å². The molecule has 42 heavy (non-hydrogen) atoms. The van der Waals surface area contributed by atoms with Gasteiger partial charge in [-0.15, -0.1) is 5.10 Å². The van der Waals surface area contributed by atoms with Crippen LogP contribution in [0.4, 0.5) is 5.95 Å². The number of esters is 1. The van der Waals surface area contributed by atoms with Crippen molar-refractivity contribution < 1.29 is 28.5 Å². The normalized spacial score (nSPS) is 16.5. The largest absolute Gasteiger partial charge is 0.493 e. The van der Waals surface area contributed by atoms with Crippen molar-refractivity contribution >= 4 is 57.1 Å². The quantitative estimate of drug-likeness (QED) is 0.252. The van der Waals surface area contributed by atoms with E-state index in [0.29, 0.717) is 81.0 Å². The minimum absolute atomic E-state index is 0.143. The second-order valence-corrected chi connectivity index (χ2v) is 11.6. The number of anilines is 1. The molecular formula is C28H29BrClN5O6S. The predicted octanol–water partition coefficient (Wildman–Crippen LogP) is 4.69. The van der Waals surface area contributed by atoms with Crippen LogP contribution in [-0.2, 0) is 24.8 Å². The van der Waals surface area contributed by atoms with Crippen molar-refractivity contribution in [2.24, 2.45) is 0 Å². The first-order valence-corrected chi connectivity index (χ1v) is 15.2. The highest BCUT2D eigenvalue weighted by Gasteiger charge is 2.36. The number of halogens is 2. The Bertz CT molecular complexity index is 1530. The number of allylic oxidation sites excluding steroid dienone is 1. The number of hydrogen-bond donors (Lipinski definition) is 1. The molecule has 0 aliphatic carbocycles. The summed E-state index contributed by atoms with van der Waals surface area (Å²) in [6.07, 6.45) is 0. The highest BCUT2D eigenvalue weighted by molar-refractivity contribution is 9.10. The number of methoxy groups -OCH3 is 2. The van der Waals surface area contributed by atoms with E-state index < -0.39 is 12.0 Å². The van der Waals surface area contributed by atoms with Gasteiger partial charge in [-0.3, -0.25) is 4.79 Å². The molecule has 2 aliphatic rings. The van der Waals surface area contributed by atoms with Crippen LogP contribution in [0.5, 0.6) is 11.5 Å². The van der Waals surface area contributed by atoms with Crippen molar-refractivity contribution in [3.63, 3.8) is 0 Å². The van der Waals surface area contributed by atoms with Crippen LogP contribution in [0.2, 0.25) is 5.02 Å². The third kappa shape index (κ3) is 6.38. The lowest BCUT2D eigenvalue weighted by atomic mass is 9.95. The third-order valence-electron chi connectivity index (χ3n) is 6.82. The molecule has 2 aliphatic heterocycles. The summed E-state index contributed by atoms with van der Waals surface area (Å²) in [6, 6.07) is 10.5. The lowest BCUT2D eigenvalue weighted by molar-refractivity contribution is -0.137. The summed E-state index contributed by atoms with van der Waals surface area (Å²) in [4.78, 5) is 32.1. The fraction of sp³-hybridized carbons (Fsp3) is 0.357. The number of nitrogens with one attached hydrogen (secondary N) is 1. The molecule has 0 bridgehead atoms. The van der Waals surface area contributed by atoms with Crippen molar-refractivity contribution in [3.8, 4) is 11.5 Å². The average Bonchev–Trinajstić information content (AvgIpc) is 3.41. The number of carbonyl (C=O) groups is 2. The maximum absolute atomic E-state index is 13.0. The molecule has 11 nitrogen and oxygen atoms in total.